The second kappa shape index (κ2) is 9.67. The SMILES string of the molecule is COc1cc2c(cc1OC)-c1ccccc1-c1ccccc1C(Nc1c(C)cccc1C)=NCC2. The molecule has 4 aromatic carbocycles. The molecule has 0 saturated carbocycles. The molecule has 4 nitrogen and oxygen atoms in total. The second-order valence-electron chi connectivity index (χ2n) is 8.83. The lowest BCUT2D eigenvalue weighted by atomic mass is 9.88. The van der Waals surface area contributed by atoms with Crippen molar-refractivity contribution >= 4 is 11.5 Å². The van der Waals surface area contributed by atoms with Gasteiger partial charge in [-0.25, -0.2) is 0 Å². The smallest absolute Gasteiger partial charge is 0.161 e. The largest absolute Gasteiger partial charge is 0.493 e. The lowest BCUT2D eigenvalue weighted by Crippen LogP contribution is -2.18. The van der Waals surface area contributed by atoms with Crippen LogP contribution in [-0.2, 0) is 6.42 Å². The Labute approximate surface area is 207 Å². The lowest BCUT2D eigenvalue weighted by molar-refractivity contribution is 0.354. The summed E-state index contributed by atoms with van der Waals surface area (Å²) in [5.74, 6) is 2.35. The number of methoxy groups -OCH3 is 2. The number of fused-ring (bicyclic) bond motifs is 5. The van der Waals surface area contributed by atoms with Gasteiger partial charge in [-0.1, -0.05) is 66.7 Å². The number of amidine groups is 1. The van der Waals surface area contributed by atoms with Crippen LogP contribution in [0.1, 0.15) is 22.3 Å². The van der Waals surface area contributed by atoms with Gasteiger partial charge in [0.15, 0.2) is 11.5 Å². The zero-order chi connectivity index (χ0) is 24.4. The van der Waals surface area contributed by atoms with Gasteiger partial charge in [0, 0.05) is 17.8 Å². The summed E-state index contributed by atoms with van der Waals surface area (Å²) in [5, 5.41) is 3.69. The third-order valence-corrected chi connectivity index (χ3v) is 6.67. The van der Waals surface area contributed by atoms with Crippen molar-refractivity contribution < 1.29 is 9.47 Å². The Morgan fingerprint density at radius 1 is 0.657 bits per heavy atom. The summed E-state index contributed by atoms with van der Waals surface area (Å²) in [5.41, 5.74) is 10.4. The van der Waals surface area contributed by atoms with Crippen molar-refractivity contribution in [2.45, 2.75) is 20.3 Å². The van der Waals surface area contributed by atoms with Crippen LogP contribution in [0.5, 0.6) is 11.5 Å². The number of para-hydroxylation sites is 1. The van der Waals surface area contributed by atoms with Crippen molar-refractivity contribution in [3.8, 4) is 33.8 Å². The molecule has 1 N–H and O–H groups in total. The van der Waals surface area contributed by atoms with Crippen molar-refractivity contribution in [1.29, 1.82) is 0 Å². The zero-order valence-corrected chi connectivity index (χ0v) is 20.7. The minimum absolute atomic E-state index is 0.645. The number of rotatable bonds is 3. The van der Waals surface area contributed by atoms with Crippen LogP contribution in [0.3, 0.4) is 0 Å². The average molecular weight is 463 g/mol. The molecule has 0 spiro atoms. The first-order chi connectivity index (χ1) is 17.1. The predicted octanol–water partition coefficient (Wildman–Crippen LogP) is 7.07. The van der Waals surface area contributed by atoms with Crippen LogP contribution in [-0.4, -0.2) is 26.6 Å². The molecule has 176 valence electrons. The van der Waals surface area contributed by atoms with Crippen LogP contribution in [0.25, 0.3) is 22.3 Å². The van der Waals surface area contributed by atoms with Crippen molar-refractivity contribution in [3.63, 3.8) is 0 Å². The van der Waals surface area contributed by atoms with E-state index in [4.69, 9.17) is 14.5 Å². The fourth-order valence-corrected chi connectivity index (χ4v) is 4.87. The van der Waals surface area contributed by atoms with Gasteiger partial charge >= 0.3 is 0 Å². The van der Waals surface area contributed by atoms with E-state index in [2.05, 4.69) is 98.0 Å². The van der Waals surface area contributed by atoms with E-state index < -0.39 is 0 Å². The van der Waals surface area contributed by atoms with Crippen LogP contribution in [0.2, 0.25) is 0 Å². The molecular weight excluding hydrogens is 432 g/mol. The number of hydrogen-bond donors (Lipinski definition) is 1. The minimum atomic E-state index is 0.645. The monoisotopic (exact) mass is 462 g/mol. The van der Waals surface area contributed by atoms with Gasteiger partial charge in [0.05, 0.1) is 14.2 Å². The third kappa shape index (κ3) is 4.28. The number of ether oxygens (including phenoxy) is 2. The van der Waals surface area contributed by atoms with Gasteiger partial charge in [0.1, 0.15) is 5.84 Å². The Morgan fingerprint density at radius 2 is 1.20 bits per heavy atom. The Balaban J connectivity index is 1.74. The summed E-state index contributed by atoms with van der Waals surface area (Å²) in [6.45, 7) is 4.91. The predicted molar refractivity (Wildman–Crippen MR) is 145 cm³/mol. The second-order valence-corrected chi connectivity index (χ2v) is 8.83. The first kappa shape index (κ1) is 22.7. The number of aliphatic imine (C=N–C) groups is 1. The van der Waals surface area contributed by atoms with E-state index in [-0.39, 0.29) is 0 Å². The van der Waals surface area contributed by atoms with Crippen molar-refractivity contribution in [3.05, 3.63) is 101 Å². The number of hydrogen-bond acceptors (Lipinski definition) is 4. The maximum atomic E-state index is 5.66. The maximum Gasteiger partial charge on any atom is 0.161 e. The highest BCUT2D eigenvalue weighted by Gasteiger charge is 2.20. The van der Waals surface area contributed by atoms with Crippen molar-refractivity contribution in [2.75, 3.05) is 26.1 Å². The van der Waals surface area contributed by atoms with Crippen molar-refractivity contribution in [1.82, 2.24) is 0 Å². The van der Waals surface area contributed by atoms with Crippen molar-refractivity contribution in [2.24, 2.45) is 4.99 Å². The first-order valence-corrected chi connectivity index (χ1v) is 11.9. The molecule has 0 aromatic heterocycles. The summed E-state index contributed by atoms with van der Waals surface area (Å²) in [6.07, 6.45) is 0.782. The fraction of sp³-hybridized carbons (Fsp3) is 0.194. The molecule has 1 aliphatic rings. The van der Waals surface area contributed by atoms with E-state index in [9.17, 15) is 0 Å². The molecule has 4 heteroatoms. The molecule has 0 saturated heterocycles. The Hall–Kier alpha value is -4.05. The Bertz CT molecular complexity index is 1400. The lowest BCUT2D eigenvalue weighted by Gasteiger charge is -2.22. The van der Waals surface area contributed by atoms with E-state index in [1.54, 1.807) is 14.2 Å². The van der Waals surface area contributed by atoms with E-state index in [1.165, 1.54) is 22.3 Å². The van der Waals surface area contributed by atoms with Gasteiger partial charge in [-0.2, -0.15) is 0 Å². The van der Waals surface area contributed by atoms with Crippen LogP contribution < -0.4 is 14.8 Å². The molecule has 0 bridgehead atoms. The first-order valence-electron chi connectivity index (χ1n) is 11.9. The standard InChI is InChI=1S/C31H30N2O2/c1-20-10-9-11-21(2)30(20)33-31-26-15-8-7-13-24(26)23-12-5-6-14-25(23)27-19-29(35-4)28(34-3)18-22(27)16-17-32-31/h5-15,18-19H,16-17H2,1-4H3,(H,32,33). The maximum absolute atomic E-state index is 5.66. The Morgan fingerprint density at radius 3 is 1.83 bits per heavy atom. The molecule has 35 heavy (non-hydrogen) atoms. The third-order valence-electron chi connectivity index (χ3n) is 6.67. The summed E-state index contributed by atoms with van der Waals surface area (Å²) < 4.78 is 11.3. The van der Waals surface area contributed by atoms with E-state index in [1.807, 2.05) is 0 Å². The zero-order valence-electron chi connectivity index (χ0n) is 20.7. The molecule has 0 aliphatic carbocycles. The molecule has 0 fully saturated rings. The van der Waals surface area contributed by atoms with E-state index in [0.29, 0.717) is 6.54 Å². The van der Waals surface area contributed by atoms with Gasteiger partial charge < -0.3 is 14.8 Å². The molecular formula is C31H30N2O2. The highest BCUT2D eigenvalue weighted by molar-refractivity contribution is 6.13. The summed E-state index contributed by atoms with van der Waals surface area (Å²) in [6, 6.07) is 27.6. The molecule has 0 atom stereocenters. The number of anilines is 1. The van der Waals surface area contributed by atoms with E-state index in [0.717, 1.165) is 51.7 Å². The van der Waals surface area contributed by atoms with Crippen LogP contribution in [0, 0.1) is 13.8 Å². The summed E-state index contributed by atoms with van der Waals surface area (Å²) in [4.78, 5) is 5.11. The van der Waals surface area contributed by atoms with Gasteiger partial charge in [-0.3, -0.25) is 4.99 Å². The normalized spacial score (nSPS) is 12.5. The highest BCUT2D eigenvalue weighted by Crippen LogP contribution is 2.41. The fourth-order valence-electron chi connectivity index (χ4n) is 4.87. The van der Waals surface area contributed by atoms with Gasteiger partial charge in [0.25, 0.3) is 0 Å². The van der Waals surface area contributed by atoms with Gasteiger partial charge in [-0.15, -0.1) is 0 Å². The molecule has 1 heterocycles. The Kier molecular flexibility index (Phi) is 6.28. The minimum Gasteiger partial charge on any atom is -0.493 e. The van der Waals surface area contributed by atoms with E-state index >= 15 is 0 Å². The van der Waals surface area contributed by atoms with Crippen LogP contribution in [0.15, 0.2) is 83.9 Å². The quantitative estimate of drug-likeness (QED) is 0.354. The highest BCUT2D eigenvalue weighted by atomic mass is 16.5. The van der Waals surface area contributed by atoms with Gasteiger partial charge in [-0.05, 0) is 71.3 Å². The molecule has 4 aromatic rings. The molecule has 5 rings (SSSR count). The molecule has 1 aliphatic heterocycles. The molecule has 0 amide bonds. The summed E-state index contributed by atoms with van der Waals surface area (Å²) >= 11 is 0. The topological polar surface area (TPSA) is 42.9 Å². The molecule has 0 unspecified atom stereocenters. The van der Waals surface area contributed by atoms with Crippen LogP contribution >= 0.6 is 0 Å². The molecule has 0 radical (unpaired) electrons. The van der Waals surface area contributed by atoms with Crippen LogP contribution in [0.4, 0.5) is 5.69 Å². The number of nitrogens with zero attached hydrogens (tertiary/aromatic N) is 1. The number of aryl methyl sites for hydroxylation is 2. The number of nitrogens with one attached hydrogen (secondary N) is 1. The number of benzene rings is 4. The average Bonchev–Trinajstić information content (AvgIpc) is 2.89. The van der Waals surface area contributed by atoms with Gasteiger partial charge in [0.2, 0.25) is 0 Å². The summed E-state index contributed by atoms with van der Waals surface area (Å²) in [7, 11) is 3.36.